The van der Waals surface area contributed by atoms with Crippen molar-refractivity contribution in [2.45, 2.75) is 78.1 Å². The van der Waals surface area contributed by atoms with Crippen molar-refractivity contribution in [3.63, 3.8) is 0 Å². The lowest BCUT2D eigenvalue weighted by molar-refractivity contribution is -0.0596. The van der Waals surface area contributed by atoms with E-state index in [0.717, 1.165) is 42.8 Å². The molecule has 4 aliphatic carbocycles. The summed E-state index contributed by atoms with van der Waals surface area (Å²) in [7, 11) is 0. The van der Waals surface area contributed by atoms with E-state index in [1.165, 1.54) is 57.8 Å². The van der Waals surface area contributed by atoms with Crippen molar-refractivity contribution >= 4 is 6.03 Å². The van der Waals surface area contributed by atoms with Gasteiger partial charge in [-0.2, -0.15) is 0 Å². The molecular weight excluding hydrogens is 380 g/mol. The van der Waals surface area contributed by atoms with Gasteiger partial charge in [0, 0.05) is 19.6 Å². The molecule has 4 aliphatic rings. The Morgan fingerprint density at radius 1 is 1.06 bits per heavy atom. The summed E-state index contributed by atoms with van der Waals surface area (Å²) in [5, 5.41) is 3.13. The van der Waals surface area contributed by atoms with Crippen molar-refractivity contribution in [2.24, 2.45) is 23.2 Å². The second-order valence-corrected chi connectivity index (χ2v) is 10.4. The number of rotatable bonds is 12. The van der Waals surface area contributed by atoms with Crippen LogP contribution in [-0.4, -0.2) is 30.6 Å². The maximum Gasteiger partial charge on any atom is 0.317 e. The Kier molecular flexibility index (Phi) is 9.04. The highest BCUT2D eigenvalue weighted by Gasteiger charge is 2.50. The summed E-state index contributed by atoms with van der Waals surface area (Å²) in [6.45, 7) is 10.4. The molecule has 0 heterocycles. The number of carbonyl (C=O) groups excluding carboxylic acids is 1. The van der Waals surface area contributed by atoms with Crippen LogP contribution in [-0.2, 0) is 0 Å². The molecule has 31 heavy (non-hydrogen) atoms. The van der Waals surface area contributed by atoms with Crippen LogP contribution in [0.3, 0.4) is 0 Å². The average Bonchev–Trinajstić information content (AvgIpc) is 2.73. The summed E-state index contributed by atoms with van der Waals surface area (Å²) >= 11 is 0. The van der Waals surface area contributed by atoms with Crippen molar-refractivity contribution in [2.75, 3.05) is 19.6 Å². The summed E-state index contributed by atoms with van der Waals surface area (Å²) in [4.78, 5) is 15.1. The van der Waals surface area contributed by atoms with Gasteiger partial charge in [-0.1, -0.05) is 62.8 Å². The smallest absolute Gasteiger partial charge is 0.317 e. The lowest BCUT2D eigenvalue weighted by Crippen LogP contribution is -2.48. The highest BCUT2D eigenvalue weighted by atomic mass is 16.2. The van der Waals surface area contributed by atoms with Crippen LogP contribution >= 0.6 is 0 Å². The zero-order valence-electron chi connectivity index (χ0n) is 20.0. The van der Waals surface area contributed by atoms with Crippen LogP contribution < -0.4 is 5.32 Å². The van der Waals surface area contributed by atoms with Crippen LogP contribution in [0.15, 0.2) is 48.6 Å². The summed E-state index contributed by atoms with van der Waals surface area (Å²) in [5.41, 5.74) is 1.63. The Labute approximate surface area is 190 Å². The van der Waals surface area contributed by atoms with Crippen LogP contribution in [0.5, 0.6) is 0 Å². The molecule has 172 valence electrons. The minimum Gasteiger partial charge on any atom is -0.335 e. The van der Waals surface area contributed by atoms with E-state index < -0.39 is 0 Å². The van der Waals surface area contributed by atoms with Crippen LogP contribution in [0, 0.1) is 23.2 Å². The number of nitrogens with zero attached hydrogens (tertiary/aromatic N) is 1. The molecule has 4 bridgehead atoms. The third kappa shape index (κ3) is 6.85. The topological polar surface area (TPSA) is 32.3 Å². The van der Waals surface area contributed by atoms with Gasteiger partial charge in [0.15, 0.2) is 0 Å². The van der Waals surface area contributed by atoms with Gasteiger partial charge in [-0.15, -0.1) is 0 Å². The van der Waals surface area contributed by atoms with E-state index in [1.54, 1.807) is 6.08 Å². The highest BCUT2D eigenvalue weighted by Crippen LogP contribution is 2.61. The van der Waals surface area contributed by atoms with Gasteiger partial charge >= 0.3 is 6.03 Å². The third-order valence-electron chi connectivity index (χ3n) is 7.75. The second kappa shape index (κ2) is 11.7. The Hall–Kier alpha value is -1.77. The zero-order chi connectivity index (χ0) is 22.1. The largest absolute Gasteiger partial charge is 0.335 e. The molecule has 0 unspecified atom stereocenters. The number of urea groups is 1. The number of amides is 2. The molecule has 0 radical (unpaired) electrons. The third-order valence-corrected chi connectivity index (χ3v) is 7.75. The van der Waals surface area contributed by atoms with Gasteiger partial charge in [0.1, 0.15) is 0 Å². The molecule has 0 aromatic carbocycles. The van der Waals surface area contributed by atoms with E-state index in [1.807, 2.05) is 37.3 Å². The highest BCUT2D eigenvalue weighted by molar-refractivity contribution is 5.74. The average molecular weight is 425 g/mol. The molecule has 4 fully saturated rings. The standard InChI is InChI=1S/C28H44N2O/c1-4-7-8-15-30(27(31)29-14-9-12-23(10-5-2)11-6-3)16-13-28-20-24-17-25(21-28)19-26(18-24)22-28/h5-6,9-12,24-26H,2,4,7-8,13-22H2,1,3H3,(H,29,31)/b11-6-,12-9-,23-10+. The molecule has 0 saturated heterocycles. The Balaban J connectivity index is 1.52. The van der Waals surface area contributed by atoms with E-state index >= 15 is 0 Å². The molecule has 0 atom stereocenters. The first-order chi connectivity index (χ1) is 15.1. The van der Waals surface area contributed by atoms with E-state index in [9.17, 15) is 4.79 Å². The number of unbranched alkanes of at least 4 members (excludes halogenated alkanes) is 2. The molecule has 0 aromatic rings. The molecule has 4 rings (SSSR count). The number of allylic oxidation sites excluding steroid dienone is 6. The summed E-state index contributed by atoms with van der Waals surface area (Å²) < 4.78 is 0. The molecular formula is C28H44N2O. The lowest BCUT2D eigenvalue weighted by Gasteiger charge is -2.57. The monoisotopic (exact) mass is 424 g/mol. The first-order valence-electron chi connectivity index (χ1n) is 12.7. The summed E-state index contributed by atoms with van der Waals surface area (Å²) in [6.07, 6.45) is 25.3. The minimum atomic E-state index is 0.103. The maximum absolute atomic E-state index is 13.0. The fraction of sp³-hybridized carbons (Fsp3) is 0.679. The van der Waals surface area contributed by atoms with E-state index in [4.69, 9.17) is 0 Å². The van der Waals surface area contributed by atoms with Crippen LogP contribution in [0.25, 0.3) is 0 Å². The Morgan fingerprint density at radius 2 is 1.74 bits per heavy atom. The van der Waals surface area contributed by atoms with Crippen molar-refractivity contribution in [1.82, 2.24) is 10.2 Å². The molecule has 3 nitrogen and oxygen atoms in total. The van der Waals surface area contributed by atoms with Gasteiger partial charge < -0.3 is 10.2 Å². The van der Waals surface area contributed by atoms with E-state index in [2.05, 4.69) is 23.7 Å². The first kappa shape index (κ1) is 23.9. The van der Waals surface area contributed by atoms with Gasteiger partial charge in [0.25, 0.3) is 0 Å². The summed E-state index contributed by atoms with van der Waals surface area (Å²) in [6, 6.07) is 0.103. The lowest BCUT2D eigenvalue weighted by atomic mass is 9.49. The van der Waals surface area contributed by atoms with E-state index in [0.29, 0.717) is 12.0 Å². The molecule has 3 heteroatoms. The minimum absolute atomic E-state index is 0.103. The number of carbonyl (C=O) groups is 1. The van der Waals surface area contributed by atoms with Crippen molar-refractivity contribution in [3.05, 3.63) is 48.6 Å². The fourth-order valence-corrected chi connectivity index (χ4v) is 6.78. The molecule has 0 spiro atoms. The second-order valence-electron chi connectivity index (χ2n) is 10.4. The van der Waals surface area contributed by atoms with Crippen molar-refractivity contribution < 1.29 is 4.79 Å². The Morgan fingerprint density at radius 3 is 2.32 bits per heavy atom. The van der Waals surface area contributed by atoms with Gasteiger partial charge in [-0.05, 0) is 87.0 Å². The quantitative estimate of drug-likeness (QED) is 0.264. The van der Waals surface area contributed by atoms with Gasteiger partial charge in [0.2, 0.25) is 0 Å². The van der Waals surface area contributed by atoms with Crippen LogP contribution in [0.2, 0.25) is 0 Å². The van der Waals surface area contributed by atoms with Gasteiger partial charge in [0.05, 0.1) is 0 Å². The SMILES string of the molecule is C=C/C=C(\C=C/C)/C=C\CNC(=O)N(CCCCC)CCC12CC3CC(CC(C3)C1)C2. The van der Waals surface area contributed by atoms with E-state index in [-0.39, 0.29) is 6.03 Å². The van der Waals surface area contributed by atoms with Crippen LogP contribution in [0.1, 0.15) is 78.1 Å². The van der Waals surface area contributed by atoms with Crippen molar-refractivity contribution in [1.29, 1.82) is 0 Å². The number of hydrogen-bond donors (Lipinski definition) is 1. The van der Waals surface area contributed by atoms with Gasteiger partial charge in [-0.3, -0.25) is 0 Å². The molecule has 0 aromatic heterocycles. The summed E-state index contributed by atoms with van der Waals surface area (Å²) in [5.74, 6) is 2.94. The molecule has 4 saturated carbocycles. The normalized spacial score (nSPS) is 29.7. The maximum atomic E-state index is 13.0. The zero-order valence-corrected chi connectivity index (χ0v) is 20.0. The van der Waals surface area contributed by atoms with Crippen LogP contribution in [0.4, 0.5) is 4.79 Å². The predicted octanol–water partition coefficient (Wildman–Crippen LogP) is 7.04. The van der Waals surface area contributed by atoms with Gasteiger partial charge in [-0.25, -0.2) is 4.79 Å². The molecule has 1 N–H and O–H groups in total. The Bertz CT molecular complexity index is 652. The first-order valence-corrected chi connectivity index (χ1v) is 12.7. The number of hydrogen-bond acceptors (Lipinski definition) is 1. The molecule has 0 aliphatic heterocycles. The number of nitrogens with one attached hydrogen (secondary N) is 1. The predicted molar refractivity (Wildman–Crippen MR) is 132 cm³/mol. The van der Waals surface area contributed by atoms with Crippen molar-refractivity contribution in [3.8, 4) is 0 Å². The molecule has 2 amide bonds. The fourth-order valence-electron chi connectivity index (χ4n) is 6.78.